The molecule has 9 heteroatoms. The Morgan fingerprint density at radius 2 is 1.88 bits per heavy atom. The maximum Gasteiger partial charge on any atom is 0.326 e. The first-order valence-electron chi connectivity index (χ1n) is 10.1. The average molecular weight is 450 g/mol. The average Bonchev–Trinajstić information content (AvgIpc) is 3.36. The van der Waals surface area contributed by atoms with Gasteiger partial charge in [0.15, 0.2) is 5.16 Å². The molecule has 0 radical (unpaired) electrons. The molecule has 0 saturated carbocycles. The molecule has 164 valence electrons. The molecule has 2 heterocycles. The zero-order valence-corrected chi connectivity index (χ0v) is 18.3. The van der Waals surface area contributed by atoms with Gasteiger partial charge in [0.2, 0.25) is 5.91 Å². The van der Waals surface area contributed by atoms with Crippen molar-refractivity contribution in [3.05, 3.63) is 77.7 Å². The fourth-order valence-electron chi connectivity index (χ4n) is 3.49. The highest BCUT2D eigenvalue weighted by molar-refractivity contribution is 7.99. The van der Waals surface area contributed by atoms with Gasteiger partial charge in [-0.1, -0.05) is 60.3 Å². The monoisotopic (exact) mass is 449 g/mol. The van der Waals surface area contributed by atoms with Crippen molar-refractivity contribution in [2.45, 2.75) is 24.0 Å². The first kappa shape index (κ1) is 21.6. The van der Waals surface area contributed by atoms with Gasteiger partial charge in [-0.05, 0) is 17.2 Å². The maximum absolute atomic E-state index is 12.5. The van der Waals surface area contributed by atoms with Crippen molar-refractivity contribution in [2.24, 2.45) is 7.05 Å². The number of carboxylic acids is 1. The van der Waals surface area contributed by atoms with E-state index >= 15 is 0 Å². The molecule has 4 aromatic rings. The number of rotatable bonds is 9. The number of hydrogen-bond donors (Lipinski definition) is 3. The Morgan fingerprint density at radius 3 is 2.66 bits per heavy atom. The summed E-state index contributed by atoms with van der Waals surface area (Å²) in [6.45, 7) is 0. The standard InChI is InChI=1S/C23H23N5O3S/c1-28-20(11-15-7-3-2-4-8-15)26-27-23(28)32-14-21(29)25-19(22(30)31)12-16-13-24-18-10-6-5-9-17(16)18/h2-10,13,19,24H,11-12,14H2,1H3,(H,25,29)(H,30,31). The zero-order valence-electron chi connectivity index (χ0n) is 17.5. The molecular formula is C23H23N5O3S. The van der Waals surface area contributed by atoms with Gasteiger partial charge in [0, 0.05) is 37.0 Å². The number of nitrogens with zero attached hydrogens (tertiary/aromatic N) is 3. The Balaban J connectivity index is 1.35. The number of aliphatic carboxylic acids is 1. The molecule has 8 nitrogen and oxygen atoms in total. The zero-order chi connectivity index (χ0) is 22.5. The molecule has 0 saturated heterocycles. The lowest BCUT2D eigenvalue weighted by molar-refractivity contribution is -0.141. The van der Waals surface area contributed by atoms with E-state index in [9.17, 15) is 14.7 Å². The number of hydrogen-bond acceptors (Lipinski definition) is 5. The van der Waals surface area contributed by atoms with Gasteiger partial charge < -0.3 is 20.0 Å². The van der Waals surface area contributed by atoms with Crippen LogP contribution in [-0.2, 0) is 29.5 Å². The van der Waals surface area contributed by atoms with Crippen LogP contribution in [0, 0.1) is 0 Å². The van der Waals surface area contributed by atoms with Crippen LogP contribution in [0.1, 0.15) is 17.0 Å². The minimum absolute atomic E-state index is 0.0506. The molecular weight excluding hydrogens is 426 g/mol. The van der Waals surface area contributed by atoms with Crippen molar-refractivity contribution in [1.82, 2.24) is 25.1 Å². The van der Waals surface area contributed by atoms with Gasteiger partial charge in [0.05, 0.1) is 5.75 Å². The van der Waals surface area contributed by atoms with E-state index in [1.807, 2.05) is 66.2 Å². The lowest BCUT2D eigenvalue weighted by atomic mass is 10.1. The molecule has 32 heavy (non-hydrogen) atoms. The van der Waals surface area contributed by atoms with Crippen LogP contribution in [0.3, 0.4) is 0 Å². The molecule has 3 N–H and O–H groups in total. The number of carboxylic acid groups (broad SMARTS) is 1. The number of para-hydroxylation sites is 1. The van der Waals surface area contributed by atoms with Crippen LogP contribution in [0.5, 0.6) is 0 Å². The van der Waals surface area contributed by atoms with E-state index in [1.165, 1.54) is 11.8 Å². The first-order chi connectivity index (χ1) is 15.5. The Labute approximate surface area is 189 Å². The third-order valence-electron chi connectivity index (χ3n) is 5.19. The maximum atomic E-state index is 12.5. The van der Waals surface area contributed by atoms with E-state index in [2.05, 4.69) is 20.5 Å². The summed E-state index contributed by atoms with van der Waals surface area (Å²) in [6.07, 6.45) is 2.62. The molecule has 4 rings (SSSR count). The third kappa shape index (κ3) is 5.00. The second-order valence-corrected chi connectivity index (χ2v) is 8.37. The van der Waals surface area contributed by atoms with Crippen LogP contribution >= 0.6 is 11.8 Å². The van der Waals surface area contributed by atoms with Crippen LogP contribution in [-0.4, -0.2) is 48.5 Å². The summed E-state index contributed by atoms with van der Waals surface area (Å²) in [5, 5.41) is 22.2. The van der Waals surface area contributed by atoms with Crippen LogP contribution in [0.15, 0.2) is 66.0 Å². The molecule has 0 aliphatic rings. The Morgan fingerprint density at radius 1 is 1.12 bits per heavy atom. The fourth-order valence-corrected chi connectivity index (χ4v) is 4.23. The van der Waals surface area contributed by atoms with Crippen molar-refractivity contribution >= 4 is 34.5 Å². The first-order valence-corrected chi connectivity index (χ1v) is 11.1. The number of nitrogens with one attached hydrogen (secondary N) is 2. The van der Waals surface area contributed by atoms with E-state index < -0.39 is 12.0 Å². The van der Waals surface area contributed by atoms with E-state index in [4.69, 9.17) is 0 Å². The largest absolute Gasteiger partial charge is 0.480 e. The minimum Gasteiger partial charge on any atom is -0.480 e. The second kappa shape index (κ2) is 9.69. The molecule has 1 amide bonds. The normalized spacial score (nSPS) is 12.0. The number of amides is 1. The van der Waals surface area contributed by atoms with Crippen molar-refractivity contribution in [2.75, 3.05) is 5.75 Å². The lowest BCUT2D eigenvalue weighted by Crippen LogP contribution is -2.43. The lowest BCUT2D eigenvalue weighted by Gasteiger charge is -2.14. The molecule has 0 spiro atoms. The summed E-state index contributed by atoms with van der Waals surface area (Å²) < 4.78 is 1.85. The molecule has 2 aromatic carbocycles. The highest BCUT2D eigenvalue weighted by atomic mass is 32.2. The van der Waals surface area contributed by atoms with Crippen LogP contribution in [0.25, 0.3) is 10.9 Å². The van der Waals surface area contributed by atoms with Crippen LogP contribution < -0.4 is 5.32 Å². The number of aromatic nitrogens is 4. The molecule has 2 aromatic heterocycles. The smallest absolute Gasteiger partial charge is 0.326 e. The van der Waals surface area contributed by atoms with E-state index in [-0.39, 0.29) is 18.1 Å². The Kier molecular flexibility index (Phi) is 6.55. The minimum atomic E-state index is -1.07. The number of carbonyl (C=O) groups is 2. The number of benzene rings is 2. The van der Waals surface area contributed by atoms with Crippen LogP contribution in [0.2, 0.25) is 0 Å². The number of aromatic amines is 1. The van der Waals surface area contributed by atoms with E-state index in [1.54, 1.807) is 6.20 Å². The third-order valence-corrected chi connectivity index (χ3v) is 6.22. The number of fused-ring (bicyclic) bond motifs is 1. The number of carbonyl (C=O) groups excluding carboxylic acids is 1. The SMILES string of the molecule is Cn1c(Cc2ccccc2)nnc1SCC(=O)NC(Cc1c[nH]c2ccccc12)C(=O)O. The summed E-state index contributed by atoms with van der Waals surface area (Å²) >= 11 is 1.23. The Bertz CT molecular complexity index is 1230. The van der Waals surface area contributed by atoms with Gasteiger partial charge in [-0.15, -0.1) is 10.2 Å². The van der Waals surface area contributed by atoms with Crippen molar-refractivity contribution < 1.29 is 14.7 Å². The predicted molar refractivity (Wildman–Crippen MR) is 123 cm³/mol. The Hall–Kier alpha value is -3.59. The topological polar surface area (TPSA) is 113 Å². The molecule has 0 aliphatic carbocycles. The summed E-state index contributed by atoms with van der Waals surface area (Å²) in [7, 11) is 1.86. The van der Waals surface area contributed by atoms with Crippen molar-refractivity contribution in [1.29, 1.82) is 0 Å². The molecule has 0 aliphatic heterocycles. The van der Waals surface area contributed by atoms with Crippen LogP contribution in [0.4, 0.5) is 0 Å². The molecule has 1 atom stereocenters. The molecule has 0 bridgehead atoms. The summed E-state index contributed by atoms with van der Waals surface area (Å²) in [5.74, 6) is -0.594. The van der Waals surface area contributed by atoms with Gasteiger partial charge in [-0.25, -0.2) is 4.79 Å². The van der Waals surface area contributed by atoms with Crippen molar-refractivity contribution in [3.63, 3.8) is 0 Å². The second-order valence-electron chi connectivity index (χ2n) is 7.43. The van der Waals surface area contributed by atoms with Gasteiger partial charge in [0.1, 0.15) is 11.9 Å². The fraction of sp³-hybridized carbons (Fsp3) is 0.217. The van der Waals surface area contributed by atoms with Crippen molar-refractivity contribution in [3.8, 4) is 0 Å². The molecule has 0 fully saturated rings. The van der Waals surface area contributed by atoms with E-state index in [0.29, 0.717) is 11.6 Å². The summed E-state index contributed by atoms with van der Waals surface area (Å²) in [6, 6.07) is 16.6. The number of thioether (sulfide) groups is 1. The van der Waals surface area contributed by atoms with Gasteiger partial charge in [0.25, 0.3) is 0 Å². The van der Waals surface area contributed by atoms with Gasteiger partial charge in [-0.3, -0.25) is 4.79 Å². The summed E-state index contributed by atoms with van der Waals surface area (Å²) in [4.78, 5) is 27.3. The quantitative estimate of drug-likeness (QED) is 0.339. The highest BCUT2D eigenvalue weighted by Gasteiger charge is 2.22. The summed E-state index contributed by atoms with van der Waals surface area (Å²) in [5.41, 5.74) is 2.90. The molecule has 1 unspecified atom stereocenters. The van der Waals surface area contributed by atoms with Gasteiger partial charge in [-0.2, -0.15) is 0 Å². The van der Waals surface area contributed by atoms with Gasteiger partial charge >= 0.3 is 5.97 Å². The number of H-pyrrole nitrogens is 1. The highest BCUT2D eigenvalue weighted by Crippen LogP contribution is 2.20. The predicted octanol–water partition coefficient (Wildman–Crippen LogP) is 2.79. The van der Waals surface area contributed by atoms with E-state index in [0.717, 1.165) is 27.9 Å².